The molecule has 2 heterocycles. The number of nitrogens with zero attached hydrogens (tertiary/aromatic N) is 2. The molecule has 2 aromatic heterocycles. The molecule has 5 heteroatoms. The maximum Gasteiger partial charge on any atom is 0.267 e. The van der Waals surface area contributed by atoms with Gasteiger partial charge in [-0.3, -0.25) is 0 Å². The largest absolute Gasteiger partial charge is 0.385 e. The van der Waals surface area contributed by atoms with Gasteiger partial charge < -0.3 is 9.84 Å². The van der Waals surface area contributed by atoms with Crippen LogP contribution in [0.5, 0.6) is 0 Å². The standard InChI is InChI=1S/C14H13N3OS/c1-2-5-11(6-3-1)15-9-8-13-16-14(18-17-13)12-7-4-10-19-12/h1-7,10,15H,8-9H2. The number of hydrogen-bond donors (Lipinski definition) is 1. The van der Waals surface area contributed by atoms with Gasteiger partial charge in [0, 0.05) is 18.7 Å². The molecule has 0 bridgehead atoms. The third-order valence-electron chi connectivity index (χ3n) is 2.65. The topological polar surface area (TPSA) is 51.0 Å². The number of thiophene rings is 1. The highest BCUT2D eigenvalue weighted by Gasteiger charge is 2.08. The van der Waals surface area contributed by atoms with E-state index in [0.29, 0.717) is 5.89 Å². The molecule has 3 aromatic rings. The van der Waals surface area contributed by atoms with Crippen LogP contribution in [0.1, 0.15) is 5.82 Å². The van der Waals surface area contributed by atoms with Crippen LogP contribution in [-0.2, 0) is 6.42 Å². The average Bonchev–Trinajstić information content (AvgIpc) is 3.10. The van der Waals surface area contributed by atoms with E-state index >= 15 is 0 Å². The Balaban J connectivity index is 1.56. The van der Waals surface area contributed by atoms with Gasteiger partial charge in [-0.05, 0) is 23.6 Å². The molecule has 0 spiro atoms. The lowest BCUT2D eigenvalue weighted by Crippen LogP contribution is -2.05. The minimum Gasteiger partial charge on any atom is -0.385 e. The van der Waals surface area contributed by atoms with E-state index in [9.17, 15) is 0 Å². The van der Waals surface area contributed by atoms with Gasteiger partial charge in [0.05, 0.1) is 4.88 Å². The van der Waals surface area contributed by atoms with Crippen LogP contribution in [0, 0.1) is 0 Å². The summed E-state index contributed by atoms with van der Waals surface area (Å²) in [7, 11) is 0. The van der Waals surface area contributed by atoms with E-state index in [1.807, 2.05) is 47.8 Å². The molecule has 0 aliphatic rings. The van der Waals surface area contributed by atoms with Crippen LogP contribution in [0.15, 0.2) is 52.4 Å². The van der Waals surface area contributed by atoms with E-state index in [1.165, 1.54) is 0 Å². The van der Waals surface area contributed by atoms with E-state index in [0.717, 1.165) is 29.4 Å². The van der Waals surface area contributed by atoms with Gasteiger partial charge in [-0.1, -0.05) is 29.4 Å². The molecular weight excluding hydrogens is 258 g/mol. The lowest BCUT2D eigenvalue weighted by Gasteiger charge is -2.02. The molecule has 0 aliphatic heterocycles. The van der Waals surface area contributed by atoms with Crippen molar-refractivity contribution in [3.05, 3.63) is 53.7 Å². The number of nitrogens with one attached hydrogen (secondary N) is 1. The zero-order valence-corrected chi connectivity index (χ0v) is 11.1. The van der Waals surface area contributed by atoms with Gasteiger partial charge in [-0.2, -0.15) is 4.98 Å². The zero-order valence-electron chi connectivity index (χ0n) is 10.2. The Kier molecular flexibility index (Phi) is 3.56. The number of para-hydroxylation sites is 1. The SMILES string of the molecule is c1ccc(NCCc2noc(-c3cccs3)n2)cc1. The molecule has 0 radical (unpaired) electrons. The summed E-state index contributed by atoms with van der Waals surface area (Å²) in [6.45, 7) is 0.785. The summed E-state index contributed by atoms with van der Waals surface area (Å²) in [5.41, 5.74) is 1.10. The van der Waals surface area contributed by atoms with Crippen molar-refractivity contribution < 1.29 is 4.52 Å². The van der Waals surface area contributed by atoms with E-state index in [-0.39, 0.29) is 0 Å². The van der Waals surface area contributed by atoms with Crippen molar-refractivity contribution in [1.82, 2.24) is 10.1 Å². The Morgan fingerprint density at radius 1 is 1.11 bits per heavy atom. The maximum absolute atomic E-state index is 5.23. The highest BCUT2D eigenvalue weighted by molar-refractivity contribution is 7.13. The highest BCUT2D eigenvalue weighted by Crippen LogP contribution is 2.22. The van der Waals surface area contributed by atoms with Crippen molar-refractivity contribution in [3.8, 4) is 10.8 Å². The van der Waals surface area contributed by atoms with Crippen molar-refractivity contribution in [3.63, 3.8) is 0 Å². The van der Waals surface area contributed by atoms with E-state index in [1.54, 1.807) is 11.3 Å². The Morgan fingerprint density at radius 2 is 2.00 bits per heavy atom. The number of anilines is 1. The molecule has 1 aromatic carbocycles. The maximum atomic E-state index is 5.23. The minimum absolute atomic E-state index is 0.602. The van der Waals surface area contributed by atoms with Crippen LogP contribution in [-0.4, -0.2) is 16.7 Å². The Bertz CT molecular complexity index is 619. The molecule has 0 aliphatic carbocycles. The summed E-state index contributed by atoms with van der Waals surface area (Å²) >= 11 is 1.60. The van der Waals surface area contributed by atoms with Crippen LogP contribution in [0.2, 0.25) is 0 Å². The first-order valence-corrected chi connectivity index (χ1v) is 6.95. The van der Waals surface area contributed by atoms with E-state index in [2.05, 4.69) is 15.5 Å². The van der Waals surface area contributed by atoms with Crippen LogP contribution in [0.4, 0.5) is 5.69 Å². The first-order valence-electron chi connectivity index (χ1n) is 6.07. The first-order chi connectivity index (χ1) is 9.42. The Labute approximate surface area is 115 Å². The summed E-state index contributed by atoms with van der Waals surface area (Å²) < 4.78 is 5.23. The molecular formula is C14H13N3OS. The molecule has 96 valence electrons. The second kappa shape index (κ2) is 5.67. The van der Waals surface area contributed by atoms with Crippen LogP contribution in [0.25, 0.3) is 10.8 Å². The fourth-order valence-electron chi connectivity index (χ4n) is 1.73. The third kappa shape index (κ3) is 3.00. The molecule has 19 heavy (non-hydrogen) atoms. The van der Waals surface area contributed by atoms with Gasteiger partial charge in [0.1, 0.15) is 0 Å². The summed E-state index contributed by atoms with van der Waals surface area (Å²) in [6, 6.07) is 14.0. The average molecular weight is 271 g/mol. The fraction of sp³-hybridized carbons (Fsp3) is 0.143. The van der Waals surface area contributed by atoms with Crippen molar-refractivity contribution in [2.75, 3.05) is 11.9 Å². The van der Waals surface area contributed by atoms with Gasteiger partial charge in [-0.25, -0.2) is 0 Å². The van der Waals surface area contributed by atoms with Gasteiger partial charge in [-0.15, -0.1) is 11.3 Å². The molecule has 0 atom stereocenters. The molecule has 0 saturated carbocycles. The van der Waals surface area contributed by atoms with Gasteiger partial charge >= 0.3 is 0 Å². The second-order valence-corrected chi connectivity index (χ2v) is 4.98. The fourth-order valence-corrected chi connectivity index (χ4v) is 2.38. The summed E-state index contributed by atoms with van der Waals surface area (Å²) in [4.78, 5) is 5.39. The van der Waals surface area contributed by atoms with E-state index < -0.39 is 0 Å². The molecule has 1 N–H and O–H groups in total. The number of aromatic nitrogens is 2. The summed E-state index contributed by atoms with van der Waals surface area (Å²) in [5.74, 6) is 1.33. The van der Waals surface area contributed by atoms with Gasteiger partial charge in [0.2, 0.25) is 0 Å². The molecule has 3 rings (SSSR count). The predicted octanol–water partition coefficient (Wildman–Crippen LogP) is 3.45. The van der Waals surface area contributed by atoms with Crippen molar-refractivity contribution in [2.24, 2.45) is 0 Å². The summed E-state index contributed by atoms with van der Waals surface area (Å²) in [6.07, 6.45) is 0.740. The quantitative estimate of drug-likeness (QED) is 0.772. The van der Waals surface area contributed by atoms with Crippen LogP contribution >= 0.6 is 11.3 Å². The zero-order chi connectivity index (χ0) is 12.9. The van der Waals surface area contributed by atoms with Gasteiger partial charge in [0.15, 0.2) is 5.82 Å². The third-order valence-corrected chi connectivity index (χ3v) is 3.51. The summed E-state index contributed by atoms with van der Waals surface area (Å²) in [5, 5.41) is 9.30. The molecule has 0 saturated heterocycles. The Morgan fingerprint density at radius 3 is 2.79 bits per heavy atom. The van der Waals surface area contributed by atoms with E-state index in [4.69, 9.17) is 4.52 Å². The Hall–Kier alpha value is -2.14. The predicted molar refractivity (Wildman–Crippen MR) is 76.2 cm³/mol. The highest BCUT2D eigenvalue weighted by atomic mass is 32.1. The first kappa shape index (κ1) is 11.9. The van der Waals surface area contributed by atoms with Crippen molar-refractivity contribution in [2.45, 2.75) is 6.42 Å². The molecule has 4 nitrogen and oxygen atoms in total. The lowest BCUT2D eigenvalue weighted by molar-refractivity contribution is 0.424. The minimum atomic E-state index is 0.602. The van der Waals surface area contributed by atoms with Crippen LogP contribution in [0.3, 0.4) is 0 Å². The molecule has 0 unspecified atom stereocenters. The van der Waals surface area contributed by atoms with Crippen molar-refractivity contribution in [1.29, 1.82) is 0 Å². The number of rotatable bonds is 5. The lowest BCUT2D eigenvalue weighted by atomic mass is 10.3. The number of benzene rings is 1. The van der Waals surface area contributed by atoms with Crippen LogP contribution < -0.4 is 5.32 Å². The monoisotopic (exact) mass is 271 g/mol. The molecule has 0 amide bonds. The molecule has 0 fully saturated rings. The second-order valence-electron chi connectivity index (χ2n) is 4.04. The smallest absolute Gasteiger partial charge is 0.267 e. The van der Waals surface area contributed by atoms with Crippen molar-refractivity contribution >= 4 is 17.0 Å². The number of hydrogen-bond acceptors (Lipinski definition) is 5. The normalized spacial score (nSPS) is 10.5. The van der Waals surface area contributed by atoms with Gasteiger partial charge in [0.25, 0.3) is 5.89 Å².